The summed E-state index contributed by atoms with van der Waals surface area (Å²) in [4.78, 5) is 18.4. The molecule has 0 aliphatic heterocycles. The predicted molar refractivity (Wildman–Crippen MR) is 179 cm³/mol. The molecule has 0 saturated carbocycles. The van der Waals surface area contributed by atoms with Gasteiger partial charge in [-0.1, -0.05) is 35.4 Å². The summed E-state index contributed by atoms with van der Waals surface area (Å²) in [5, 5.41) is 4.83. The van der Waals surface area contributed by atoms with Crippen LogP contribution in [0.2, 0.25) is 0 Å². The molecular weight excluding hydrogens is 556 g/mol. The third-order valence-electron chi connectivity index (χ3n) is 7.83. The predicted octanol–water partition coefficient (Wildman–Crippen LogP) is 6.39. The van der Waals surface area contributed by atoms with Crippen molar-refractivity contribution in [3.63, 3.8) is 0 Å². The van der Waals surface area contributed by atoms with Gasteiger partial charge in [0.05, 0.1) is 12.7 Å². The quantitative estimate of drug-likeness (QED) is 0.138. The molecule has 4 rings (SSSR count). The van der Waals surface area contributed by atoms with Crippen molar-refractivity contribution in [1.29, 1.82) is 0 Å². The van der Waals surface area contributed by atoms with Crippen molar-refractivity contribution in [2.24, 2.45) is 0 Å². The maximum absolute atomic E-state index is 12.8. The summed E-state index contributed by atoms with van der Waals surface area (Å²) >= 11 is 0. The molecule has 0 atom stereocenters. The molecule has 4 aromatic rings. The maximum Gasteiger partial charge on any atom is 0.229 e. The van der Waals surface area contributed by atoms with Crippen LogP contribution in [-0.4, -0.2) is 56.6 Å². The summed E-state index contributed by atoms with van der Waals surface area (Å²) in [5.74, 6) is 0.166. The first-order chi connectivity index (χ1) is 20.6. The van der Waals surface area contributed by atoms with Crippen LogP contribution in [0.4, 0.5) is 5.69 Å². The highest BCUT2D eigenvalue weighted by molar-refractivity contribution is 7.92. The standard InChI is InChI=1S/C35H46N4O3S/c1-6-39(7-2)34(40)24-28-13-16-33-32(23-28)31(35(37-33)29-21-25(3)20-26(4)22-29)17-19-36-18-9-8-10-27-11-14-30(15-12-27)38-43(5,41)42/h11-16,20-23,36-38H,6-10,17-19,24H2,1-5H3. The Morgan fingerprint density at radius 2 is 1.51 bits per heavy atom. The highest BCUT2D eigenvalue weighted by atomic mass is 32.2. The number of aromatic nitrogens is 1. The van der Waals surface area contributed by atoms with Crippen LogP contribution >= 0.6 is 0 Å². The molecule has 1 aromatic heterocycles. The number of anilines is 1. The van der Waals surface area contributed by atoms with E-state index in [2.05, 4.69) is 65.3 Å². The van der Waals surface area contributed by atoms with Crippen LogP contribution in [-0.2, 0) is 34.1 Å². The van der Waals surface area contributed by atoms with Gasteiger partial charge in [0.1, 0.15) is 0 Å². The van der Waals surface area contributed by atoms with Crippen LogP contribution in [0.15, 0.2) is 60.7 Å². The SMILES string of the molecule is CCN(CC)C(=O)Cc1ccc2[nH]c(-c3cc(C)cc(C)c3)c(CCNCCCCc3ccc(NS(C)(=O)=O)cc3)c2c1. The topological polar surface area (TPSA) is 94.3 Å². The Morgan fingerprint density at radius 1 is 0.837 bits per heavy atom. The number of sulfonamides is 1. The van der Waals surface area contributed by atoms with Gasteiger partial charge in [-0.15, -0.1) is 0 Å². The lowest BCUT2D eigenvalue weighted by atomic mass is 9.98. The largest absolute Gasteiger partial charge is 0.354 e. The van der Waals surface area contributed by atoms with E-state index in [9.17, 15) is 13.2 Å². The normalized spacial score (nSPS) is 11.7. The Hall–Kier alpha value is -3.62. The van der Waals surface area contributed by atoms with E-state index >= 15 is 0 Å². The third-order valence-corrected chi connectivity index (χ3v) is 8.44. The van der Waals surface area contributed by atoms with Gasteiger partial charge in [0.25, 0.3) is 0 Å². The zero-order chi connectivity index (χ0) is 31.0. The van der Waals surface area contributed by atoms with Crippen LogP contribution in [0.1, 0.15) is 54.5 Å². The fourth-order valence-electron chi connectivity index (χ4n) is 5.76. The number of aryl methyl sites for hydroxylation is 3. The molecule has 0 fully saturated rings. The number of benzene rings is 3. The molecular formula is C35H46N4O3S. The van der Waals surface area contributed by atoms with Crippen LogP contribution < -0.4 is 10.0 Å². The van der Waals surface area contributed by atoms with Crippen LogP contribution in [0.25, 0.3) is 22.2 Å². The minimum Gasteiger partial charge on any atom is -0.354 e. The second-order valence-corrected chi connectivity index (χ2v) is 13.3. The molecule has 43 heavy (non-hydrogen) atoms. The second kappa shape index (κ2) is 14.7. The zero-order valence-electron chi connectivity index (χ0n) is 26.2. The number of nitrogens with one attached hydrogen (secondary N) is 3. The number of fused-ring (bicyclic) bond motifs is 1. The van der Waals surface area contributed by atoms with Crippen molar-refractivity contribution in [1.82, 2.24) is 15.2 Å². The van der Waals surface area contributed by atoms with Crippen LogP contribution in [0.3, 0.4) is 0 Å². The lowest BCUT2D eigenvalue weighted by Gasteiger charge is -2.18. The molecule has 0 saturated heterocycles. The summed E-state index contributed by atoms with van der Waals surface area (Å²) in [5.41, 5.74) is 10.1. The molecule has 8 heteroatoms. The fraction of sp³-hybridized carbons (Fsp3) is 0.400. The first kappa shape index (κ1) is 32.3. The van der Waals surface area contributed by atoms with Crippen molar-refractivity contribution < 1.29 is 13.2 Å². The third kappa shape index (κ3) is 9.18. The molecule has 3 aromatic carbocycles. The number of hydrogen-bond acceptors (Lipinski definition) is 4. The molecule has 3 N–H and O–H groups in total. The maximum atomic E-state index is 12.8. The van der Waals surface area contributed by atoms with E-state index in [0.29, 0.717) is 12.1 Å². The van der Waals surface area contributed by atoms with Gasteiger partial charge in [0.15, 0.2) is 0 Å². The molecule has 0 bridgehead atoms. The van der Waals surface area contributed by atoms with Crippen LogP contribution in [0, 0.1) is 13.8 Å². The van der Waals surface area contributed by atoms with E-state index in [1.54, 1.807) is 0 Å². The Balaban J connectivity index is 1.41. The number of rotatable bonds is 15. The number of likely N-dealkylation sites (N-methyl/N-ethyl adjacent to an activating group) is 1. The molecule has 0 radical (unpaired) electrons. The van der Waals surface area contributed by atoms with Crippen molar-refractivity contribution in [2.75, 3.05) is 37.2 Å². The molecule has 230 valence electrons. The zero-order valence-corrected chi connectivity index (χ0v) is 27.0. The number of unbranched alkanes of at least 4 members (excludes halogenated alkanes) is 1. The number of aromatic amines is 1. The first-order valence-corrected chi connectivity index (χ1v) is 17.2. The van der Waals surface area contributed by atoms with Crippen molar-refractivity contribution in [3.05, 3.63) is 88.5 Å². The summed E-state index contributed by atoms with van der Waals surface area (Å²) < 4.78 is 25.3. The molecule has 0 aliphatic rings. The highest BCUT2D eigenvalue weighted by Crippen LogP contribution is 2.32. The number of hydrogen-bond donors (Lipinski definition) is 3. The summed E-state index contributed by atoms with van der Waals surface area (Å²) in [6, 6.07) is 20.7. The first-order valence-electron chi connectivity index (χ1n) is 15.3. The van der Waals surface area contributed by atoms with Crippen molar-refractivity contribution in [3.8, 4) is 11.3 Å². The van der Waals surface area contributed by atoms with Gasteiger partial charge in [-0.25, -0.2) is 8.42 Å². The molecule has 1 amide bonds. The lowest BCUT2D eigenvalue weighted by molar-refractivity contribution is -0.130. The van der Waals surface area contributed by atoms with E-state index in [4.69, 9.17) is 0 Å². The van der Waals surface area contributed by atoms with E-state index in [1.165, 1.54) is 33.2 Å². The lowest BCUT2D eigenvalue weighted by Crippen LogP contribution is -2.31. The van der Waals surface area contributed by atoms with Gasteiger partial charge in [-0.05, 0) is 125 Å². The number of H-pyrrole nitrogens is 1. The molecule has 7 nitrogen and oxygen atoms in total. The van der Waals surface area contributed by atoms with Crippen molar-refractivity contribution in [2.45, 2.75) is 59.8 Å². The van der Waals surface area contributed by atoms with Gasteiger partial charge in [0.2, 0.25) is 15.9 Å². The van der Waals surface area contributed by atoms with Gasteiger partial charge in [-0.3, -0.25) is 9.52 Å². The minimum atomic E-state index is -3.26. The Kier molecular flexibility index (Phi) is 11.0. The minimum absolute atomic E-state index is 0.166. The Labute approximate surface area is 257 Å². The Morgan fingerprint density at radius 3 is 2.16 bits per heavy atom. The van der Waals surface area contributed by atoms with Crippen LogP contribution in [0.5, 0.6) is 0 Å². The van der Waals surface area contributed by atoms with E-state index in [0.717, 1.165) is 74.9 Å². The number of carbonyl (C=O) groups excluding carboxylic acids is 1. The Bertz CT molecular complexity index is 1620. The number of carbonyl (C=O) groups is 1. The average molecular weight is 603 g/mol. The summed E-state index contributed by atoms with van der Waals surface area (Å²) in [6.45, 7) is 11.6. The van der Waals surface area contributed by atoms with Gasteiger partial charge < -0.3 is 15.2 Å². The monoisotopic (exact) mass is 602 g/mol. The van der Waals surface area contributed by atoms with E-state index < -0.39 is 10.0 Å². The smallest absolute Gasteiger partial charge is 0.229 e. The summed E-state index contributed by atoms with van der Waals surface area (Å²) in [7, 11) is -3.26. The average Bonchev–Trinajstić information content (AvgIpc) is 3.30. The van der Waals surface area contributed by atoms with Gasteiger partial charge in [0, 0.05) is 35.4 Å². The molecule has 0 spiro atoms. The fourth-order valence-corrected chi connectivity index (χ4v) is 6.33. The van der Waals surface area contributed by atoms with E-state index in [1.807, 2.05) is 43.0 Å². The van der Waals surface area contributed by atoms with Gasteiger partial charge in [-0.2, -0.15) is 0 Å². The second-order valence-electron chi connectivity index (χ2n) is 11.5. The molecule has 1 heterocycles. The molecule has 0 unspecified atom stereocenters. The van der Waals surface area contributed by atoms with E-state index in [-0.39, 0.29) is 5.91 Å². The molecule has 0 aliphatic carbocycles. The number of nitrogens with zero attached hydrogens (tertiary/aromatic N) is 1. The van der Waals surface area contributed by atoms with Crippen molar-refractivity contribution >= 4 is 32.5 Å². The highest BCUT2D eigenvalue weighted by Gasteiger charge is 2.16. The van der Waals surface area contributed by atoms with Gasteiger partial charge >= 0.3 is 0 Å². The number of amides is 1. The summed E-state index contributed by atoms with van der Waals surface area (Å²) in [6.07, 6.45) is 5.51.